The highest BCUT2D eigenvalue weighted by atomic mass is 16.5. The lowest BCUT2D eigenvalue weighted by Gasteiger charge is -2.07. The highest BCUT2D eigenvalue weighted by molar-refractivity contribution is 5.27. The summed E-state index contributed by atoms with van der Waals surface area (Å²) in [7, 11) is 0. The number of hydrogen-bond donors (Lipinski definition) is 0. The number of nitrogens with zero attached hydrogens (tertiary/aromatic N) is 3. The van der Waals surface area contributed by atoms with E-state index >= 15 is 0 Å². The van der Waals surface area contributed by atoms with Gasteiger partial charge in [-0.15, -0.1) is 5.10 Å². The number of hydrogen-bond acceptors (Lipinski definition) is 3. The van der Waals surface area contributed by atoms with Crippen LogP contribution in [-0.2, 0) is 19.6 Å². The fourth-order valence-electron chi connectivity index (χ4n) is 2.29. The summed E-state index contributed by atoms with van der Waals surface area (Å²) < 4.78 is 7.65. The lowest BCUT2D eigenvalue weighted by Crippen LogP contribution is -2.00. The first-order chi connectivity index (χ1) is 10.9. The second kappa shape index (κ2) is 7.41. The summed E-state index contributed by atoms with van der Waals surface area (Å²) in [6, 6.07) is 18.5. The SMILES string of the molecule is c1ccc(COc2ccc(CCCn3ccnn3)cc2)cc1. The second-order valence-corrected chi connectivity index (χ2v) is 5.19. The van der Waals surface area contributed by atoms with Gasteiger partial charge in [0.2, 0.25) is 0 Å². The molecule has 1 heterocycles. The van der Waals surface area contributed by atoms with Crippen molar-refractivity contribution in [3.63, 3.8) is 0 Å². The molecule has 3 rings (SSSR count). The molecule has 22 heavy (non-hydrogen) atoms. The molecule has 0 saturated heterocycles. The molecule has 0 aliphatic rings. The maximum Gasteiger partial charge on any atom is 0.119 e. The smallest absolute Gasteiger partial charge is 0.119 e. The van der Waals surface area contributed by atoms with E-state index in [2.05, 4.69) is 34.6 Å². The van der Waals surface area contributed by atoms with Gasteiger partial charge >= 0.3 is 0 Å². The van der Waals surface area contributed by atoms with E-state index in [4.69, 9.17) is 4.74 Å². The molecule has 4 heteroatoms. The Bertz CT molecular complexity index is 663. The first-order valence-electron chi connectivity index (χ1n) is 7.50. The molecular formula is C18H19N3O. The molecule has 0 fully saturated rings. The standard InChI is InChI=1S/C18H19N3O/c1-2-5-17(6-3-1)15-22-18-10-8-16(9-11-18)7-4-13-21-14-12-19-20-21/h1-3,5-6,8-12,14H,4,7,13,15H2. The van der Waals surface area contributed by atoms with E-state index in [0.717, 1.165) is 25.1 Å². The van der Waals surface area contributed by atoms with Crippen molar-refractivity contribution in [2.75, 3.05) is 0 Å². The van der Waals surface area contributed by atoms with Crippen molar-refractivity contribution in [1.82, 2.24) is 15.0 Å². The third-order valence-corrected chi connectivity index (χ3v) is 3.50. The van der Waals surface area contributed by atoms with Gasteiger partial charge in [0.25, 0.3) is 0 Å². The average molecular weight is 293 g/mol. The van der Waals surface area contributed by atoms with E-state index in [-0.39, 0.29) is 0 Å². The molecule has 0 amide bonds. The van der Waals surface area contributed by atoms with Crippen LogP contribution in [0.5, 0.6) is 5.75 Å². The zero-order chi connectivity index (χ0) is 15.0. The van der Waals surface area contributed by atoms with Gasteiger partial charge in [0.15, 0.2) is 0 Å². The third kappa shape index (κ3) is 4.19. The van der Waals surface area contributed by atoms with Crippen molar-refractivity contribution >= 4 is 0 Å². The molecule has 4 nitrogen and oxygen atoms in total. The summed E-state index contributed by atoms with van der Waals surface area (Å²) in [6.45, 7) is 1.50. The van der Waals surface area contributed by atoms with Crippen LogP contribution in [0.1, 0.15) is 17.5 Å². The van der Waals surface area contributed by atoms with Gasteiger partial charge in [-0.05, 0) is 36.1 Å². The Morgan fingerprint density at radius 2 is 1.73 bits per heavy atom. The van der Waals surface area contributed by atoms with Crippen LogP contribution in [0.25, 0.3) is 0 Å². The van der Waals surface area contributed by atoms with Crippen molar-refractivity contribution in [1.29, 1.82) is 0 Å². The molecule has 0 spiro atoms. The molecule has 0 saturated carbocycles. The number of rotatable bonds is 7. The maximum atomic E-state index is 5.79. The first-order valence-corrected chi connectivity index (χ1v) is 7.50. The Morgan fingerprint density at radius 3 is 2.45 bits per heavy atom. The van der Waals surface area contributed by atoms with Crippen molar-refractivity contribution in [2.24, 2.45) is 0 Å². The summed E-state index contributed by atoms with van der Waals surface area (Å²) in [6.07, 6.45) is 5.67. The van der Waals surface area contributed by atoms with E-state index in [9.17, 15) is 0 Å². The van der Waals surface area contributed by atoms with Crippen LogP contribution in [0, 0.1) is 0 Å². The molecule has 0 aliphatic carbocycles. The summed E-state index contributed by atoms with van der Waals surface area (Å²) >= 11 is 0. The fraction of sp³-hybridized carbons (Fsp3) is 0.222. The van der Waals surface area contributed by atoms with Crippen LogP contribution in [0.4, 0.5) is 0 Å². The topological polar surface area (TPSA) is 39.9 Å². The number of aromatic nitrogens is 3. The number of aryl methyl sites for hydroxylation is 2. The lowest BCUT2D eigenvalue weighted by molar-refractivity contribution is 0.306. The third-order valence-electron chi connectivity index (χ3n) is 3.50. The zero-order valence-electron chi connectivity index (χ0n) is 12.4. The van der Waals surface area contributed by atoms with Crippen molar-refractivity contribution in [3.05, 3.63) is 78.1 Å². The Hall–Kier alpha value is -2.62. The molecule has 0 unspecified atom stereocenters. The minimum Gasteiger partial charge on any atom is -0.489 e. The first kappa shape index (κ1) is 14.3. The van der Waals surface area contributed by atoms with Gasteiger partial charge in [0.1, 0.15) is 12.4 Å². The van der Waals surface area contributed by atoms with Crippen molar-refractivity contribution in [3.8, 4) is 5.75 Å². The summed E-state index contributed by atoms with van der Waals surface area (Å²) in [5, 5.41) is 7.76. The molecular weight excluding hydrogens is 274 g/mol. The van der Waals surface area contributed by atoms with Crippen LogP contribution in [0.2, 0.25) is 0 Å². The Balaban J connectivity index is 1.45. The molecule has 0 bridgehead atoms. The summed E-state index contributed by atoms with van der Waals surface area (Å²) in [4.78, 5) is 0. The largest absolute Gasteiger partial charge is 0.489 e. The van der Waals surface area contributed by atoms with Crippen LogP contribution < -0.4 is 4.74 Å². The molecule has 112 valence electrons. The van der Waals surface area contributed by atoms with Gasteiger partial charge in [-0.25, -0.2) is 0 Å². The summed E-state index contributed by atoms with van der Waals surface area (Å²) in [5.41, 5.74) is 2.49. The minimum absolute atomic E-state index is 0.604. The second-order valence-electron chi connectivity index (χ2n) is 5.19. The van der Waals surface area contributed by atoms with Crippen molar-refractivity contribution in [2.45, 2.75) is 26.0 Å². The van der Waals surface area contributed by atoms with E-state index in [1.807, 2.05) is 41.2 Å². The molecule has 1 aromatic heterocycles. The van der Waals surface area contributed by atoms with E-state index < -0.39 is 0 Å². The van der Waals surface area contributed by atoms with E-state index in [0.29, 0.717) is 6.61 Å². The van der Waals surface area contributed by atoms with Gasteiger partial charge in [-0.1, -0.05) is 47.7 Å². The Labute approximate surface area is 130 Å². The Kier molecular flexibility index (Phi) is 4.82. The predicted octanol–water partition coefficient (Wildman–Crippen LogP) is 3.49. The molecule has 0 radical (unpaired) electrons. The highest BCUT2D eigenvalue weighted by Gasteiger charge is 1.98. The maximum absolute atomic E-state index is 5.79. The van der Waals surface area contributed by atoms with E-state index in [1.165, 1.54) is 11.1 Å². The van der Waals surface area contributed by atoms with Gasteiger partial charge in [-0.3, -0.25) is 4.68 Å². The predicted molar refractivity (Wildman–Crippen MR) is 85.6 cm³/mol. The zero-order valence-corrected chi connectivity index (χ0v) is 12.4. The lowest BCUT2D eigenvalue weighted by atomic mass is 10.1. The quantitative estimate of drug-likeness (QED) is 0.669. The number of ether oxygens (including phenoxy) is 1. The molecule has 0 aliphatic heterocycles. The fourth-order valence-corrected chi connectivity index (χ4v) is 2.29. The monoisotopic (exact) mass is 293 g/mol. The van der Waals surface area contributed by atoms with Crippen LogP contribution in [0.15, 0.2) is 67.0 Å². The normalized spacial score (nSPS) is 10.5. The van der Waals surface area contributed by atoms with E-state index in [1.54, 1.807) is 6.20 Å². The van der Waals surface area contributed by atoms with Gasteiger partial charge in [-0.2, -0.15) is 0 Å². The molecule has 0 N–H and O–H groups in total. The molecule has 3 aromatic rings. The number of benzene rings is 2. The highest BCUT2D eigenvalue weighted by Crippen LogP contribution is 2.15. The van der Waals surface area contributed by atoms with Crippen LogP contribution in [0.3, 0.4) is 0 Å². The molecule has 2 aromatic carbocycles. The van der Waals surface area contributed by atoms with Gasteiger partial charge in [0, 0.05) is 12.7 Å². The Morgan fingerprint density at radius 1 is 0.909 bits per heavy atom. The van der Waals surface area contributed by atoms with Crippen molar-refractivity contribution < 1.29 is 4.74 Å². The molecule has 0 atom stereocenters. The van der Waals surface area contributed by atoms with Crippen LogP contribution in [-0.4, -0.2) is 15.0 Å². The summed E-state index contributed by atoms with van der Waals surface area (Å²) in [5.74, 6) is 0.906. The van der Waals surface area contributed by atoms with Gasteiger partial charge in [0.05, 0.1) is 6.20 Å². The minimum atomic E-state index is 0.604. The van der Waals surface area contributed by atoms with Gasteiger partial charge < -0.3 is 4.74 Å². The van der Waals surface area contributed by atoms with Crippen LogP contribution >= 0.6 is 0 Å². The average Bonchev–Trinajstić information content (AvgIpc) is 3.08.